The molecule has 0 unspecified atom stereocenters. The van der Waals surface area contributed by atoms with Gasteiger partial charge in [0.15, 0.2) is 11.4 Å². The fourth-order valence-corrected chi connectivity index (χ4v) is 3.41. The van der Waals surface area contributed by atoms with Gasteiger partial charge in [-0.2, -0.15) is 5.10 Å². The number of carbonyl (C=O) groups excluding carboxylic acids is 1. The fraction of sp³-hybridized carbons (Fsp3) is 0.278. The highest BCUT2D eigenvalue weighted by molar-refractivity contribution is 5.95. The maximum absolute atomic E-state index is 12.6. The van der Waals surface area contributed by atoms with E-state index in [0.717, 1.165) is 24.9 Å². The second-order valence-electron chi connectivity index (χ2n) is 6.23. The molecule has 1 aromatic carbocycles. The molecular formula is C18H19N5O2. The summed E-state index contributed by atoms with van der Waals surface area (Å²) in [5.41, 5.74) is 0.828. The highest BCUT2D eigenvalue weighted by Gasteiger charge is 2.31. The number of benzene rings is 1. The van der Waals surface area contributed by atoms with Crippen LogP contribution >= 0.6 is 0 Å². The smallest absolute Gasteiger partial charge is 0.275 e. The van der Waals surface area contributed by atoms with Gasteiger partial charge in [0, 0.05) is 18.4 Å². The number of imidazole rings is 1. The van der Waals surface area contributed by atoms with Gasteiger partial charge in [0.1, 0.15) is 0 Å². The Balaban J connectivity index is 1.52. The molecule has 2 aromatic heterocycles. The SMILES string of the molecule is O=C(N[C@H]1CCC[C@@H]1n1ccnc1)c1nn(-c2ccccc2)cc1O. The number of hydrogen-bond acceptors (Lipinski definition) is 4. The Morgan fingerprint density at radius 3 is 2.84 bits per heavy atom. The lowest BCUT2D eigenvalue weighted by Crippen LogP contribution is -2.38. The van der Waals surface area contributed by atoms with Crippen molar-refractivity contribution < 1.29 is 9.90 Å². The molecule has 0 radical (unpaired) electrons. The average Bonchev–Trinajstić information content (AvgIpc) is 3.35. The maximum atomic E-state index is 12.6. The molecule has 4 rings (SSSR count). The number of nitrogens with zero attached hydrogens (tertiary/aromatic N) is 4. The van der Waals surface area contributed by atoms with E-state index >= 15 is 0 Å². The third kappa shape index (κ3) is 3.00. The van der Waals surface area contributed by atoms with E-state index in [1.165, 1.54) is 10.9 Å². The predicted octanol–water partition coefficient (Wildman–Crippen LogP) is 2.30. The van der Waals surface area contributed by atoms with Crippen LogP contribution in [0.2, 0.25) is 0 Å². The van der Waals surface area contributed by atoms with Gasteiger partial charge in [-0.25, -0.2) is 9.67 Å². The molecule has 2 heterocycles. The minimum Gasteiger partial charge on any atom is -0.504 e. The van der Waals surface area contributed by atoms with Gasteiger partial charge < -0.3 is 15.0 Å². The summed E-state index contributed by atoms with van der Waals surface area (Å²) in [6, 6.07) is 9.56. The van der Waals surface area contributed by atoms with Crippen molar-refractivity contribution in [1.82, 2.24) is 24.6 Å². The van der Waals surface area contributed by atoms with Gasteiger partial charge in [-0.15, -0.1) is 0 Å². The van der Waals surface area contributed by atoms with Gasteiger partial charge in [0.25, 0.3) is 5.91 Å². The third-order valence-electron chi connectivity index (χ3n) is 4.63. The molecular weight excluding hydrogens is 318 g/mol. The third-order valence-corrected chi connectivity index (χ3v) is 4.63. The van der Waals surface area contributed by atoms with Crippen molar-refractivity contribution in [2.75, 3.05) is 0 Å². The summed E-state index contributed by atoms with van der Waals surface area (Å²) in [6.07, 6.45) is 9.81. The van der Waals surface area contributed by atoms with E-state index < -0.39 is 0 Å². The average molecular weight is 337 g/mol. The Bertz CT molecular complexity index is 857. The number of carbonyl (C=O) groups is 1. The first-order chi connectivity index (χ1) is 12.2. The number of aromatic nitrogens is 4. The molecule has 1 aliphatic carbocycles. The molecule has 128 valence electrons. The lowest BCUT2D eigenvalue weighted by Gasteiger charge is -2.21. The van der Waals surface area contributed by atoms with Crippen LogP contribution in [0.4, 0.5) is 0 Å². The second kappa shape index (κ2) is 6.43. The summed E-state index contributed by atoms with van der Waals surface area (Å²) < 4.78 is 3.53. The van der Waals surface area contributed by atoms with E-state index in [9.17, 15) is 9.90 Å². The predicted molar refractivity (Wildman–Crippen MR) is 91.6 cm³/mol. The van der Waals surface area contributed by atoms with Gasteiger partial charge in [-0.1, -0.05) is 18.2 Å². The van der Waals surface area contributed by atoms with Gasteiger partial charge >= 0.3 is 0 Å². The molecule has 25 heavy (non-hydrogen) atoms. The van der Waals surface area contributed by atoms with Crippen molar-refractivity contribution >= 4 is 5.91 Å². The molecule has 3 aromatic rings. The van der Waals surface area contributed by atoms with Crippen LogP contribution in [0.25, 0.3) is 5.69 Å². The van der Waals surface area contributed by atoms with Crippen molar-refractivity contribution in [3.8, 4) is 11.4 Å². The van der Waals surface area contributed by atoms with E-state index in [2.05, 4.69) is 15.4 Å². The molecule has 0 bridgehead atoms. The lowest BCUT2D eigenvalue weighted by atomic mass is 10.1. The van der Waals surface area contributed by atoms with Crippen molar-refractivity contribution in [1.29, 1.82) is 0 Å². The van der Waals surface area contributed by atoms with Crippen molar-refractivity contribution in [2.24, 2.45) is 0 Å². The summed E-state index contributed by atoms with van der Waals surface area (Å²) in [4.78, 5) is 16.7. The van der Waals surface area contributed by atoms with Gasteiger partial charge in [-0.05, 0) is 31.4 Å². The first-order valence-corrected chi connectivity index (χ1v) is 8.35. The minimum absolute atomic E-state index is 0.00275. The number of amides is 1. The fourth-order valence-electron chi connectivity index (χ4n) is 3.41. The van der Waals surface area contributed by atoms with E-state index in [1.54, 1.807) is 12.5 Å². The second-order valence-corrected chi connectivity index (χ2v) is 6.23. The van der Waals surface area contributed by atoms with Crippen LogP contribution < -0.4 is 5.32 Å². The number of para-hydroxylation sites is 1. The molecule has 1 amide bonds. The van der Waals surface area contributed by atoms with Crippen molar-refractivity contribution in [3.05, 3.63) is 60.9 Å². The van der Waals surface area contributed by atoms with E-state index in [-0.39, 0.29) is 29.4 Å². The summed E-state index contributed by atoms with van der Waals surface area (Å²) in [6.45, 7) is 0. The molecule has 0 aliphatic heterocycles. The summed E-state index contributed by atoms with van der Waals surface area (Å²) in [5.74, 6) is -0.484. The van der Waals surface area contributed by atoms with Crippen LogP contribution in [0.15, 0.2) is 55.2 Å². The quantitative estimate of drug-likeness (QED) is 0.765. The van der Waals surface area contributed by atoms with E-state index in [0.29, 0.717) is 0 Å². The van der Waals surface area contributed by atoms with E-state index in [4.69, 9.17) is 0 Å². The first-order valence-electron chi connectivity index (χ1n) is 8.35. The molecule has 0 spiro atoms. The number of aromatic hydroxyl groups is 1. The Morgan fingerprint density at radius 2 is 2.08 bits per heavy atom. The van der Waals surface area contributed by atoms with Crippen molar-refractivity contribution in [3.63, 3.8) is 0 Å². The topological polar surface area (TPSA) is 85.0 Å². The molecule has 7 nitrogen and oxygen atoms in total. The van der Waals surface area contributed by atoms with Gasteiger partial charge in [-0.3, -0.25) is 4.79 Å². The molecule has 1 aliphatic rings. The molecule has 1 saturated carbocycles. The van der Waals surface area contributed by atoms with Crippen LogP contribution in [-0.2, 0) is 0 Å². The van der Waals surface area contributed by atoms with Crippen molar-refractivity contribution in [2.45, 2.75) is 31.3 Å². The molecule has 0 saturated heterocycles. The Morgan fingerprint density at radius 1 is 1.24 bits per heavy atom. The number of nitrogens with one attached hydrogen (secondary N) is 1. The van der Waals surface area contributed by atoms with Crippen LogP contribution in [0.1, 0.15) is 35.8 Å². The molecule has 2 N–H and O–H groups in total. The zero-order valence-electron chi connectivity index (χ0n) is 13.6. The summed E-state index contributed by atoms with van der Waals surface area (Å²) in [5, 5.41) is 17.4. The molecule has 1 fully saturated rings. The largest absolute Gasteiger partial charge is 0.504 e. The Kier molecular flexibility index (Phi) is 3.97. The monoisotopic (exact) mass is 337 g/mol. The molecule has 2 atom stereocenters. The zero-order valence-corrected chi connectivity index (χ0v) is 13.6. The standard InChI is InChI=1S/C18H19N5O2/c24-16-11-23(13-5-2-1-3-6-13)21-17(16)18(25)20-14-7-4-8-15(14)22-10-9-19-12-22/h1-3,5-6,9-12,14-15,24H,4,7-8H2,(H,20,25)/t14-,15-/m0/s1. The molecule has 7 heteroatoms. The van der Waals surface area contributed by atoms with E-state index in [1.807, 2.05) is 41.1 Å². The number of hydrogen-bond donors (Lipinski definition) is 2. The Hall–Kier alpha value is -3.09. The first kappa shape index (κ1) is 15.4. The van der Waals surface area contributed by atoms with Crippen LogP contribution in [0, 0.1) is 0 Å². The zero-order chi connectivity index (χ0) is 17.2. The normalized spacial score (nSPS) is 19.8. The highest BCUT2D eigenvalue weighted by Crippen LogP contribution is 2.30. The Labute approximate surface area is 144 Å². The van der Waals surface area contributed by atoms with Crippen LogP contribution in [-0.4, -0.2) is 36.4 Å². The number of rotatable bonds is 4. The van der Waals surface area contributed by atoms with Gasteiger partial charge in [0.2, 0.25) is 0 Å². The minimum atomic E-state index is -0.357. The summed E-state index contributed by atoms with van der Waals surface area (Å²) >= 11 is 0. The summed E-state index contributed by atoms with van der Waals surface area (Å²) in [7, 11) is 0. The van der Waals surface area contributed by atoms with Crippen LogP contribution in [0.3, 0.4) is 0 Å². The maximum Gasteiger partial charge on any atom is 0.275 e. The van der Waals surface area contributed by atoms with Crippen LogP contribution in [0.5, 0.6) is 5.75 Å². The highest BCUT2D eigenvalue weighted by atomic mass is 16.3. The lowest BCUT2D eigenvalue weighted by molar-refractivity contribution is 0.0920. The van der Waals surface area contributed by atoms with Gasteiger partial charge in [0.05, 0.1) is 24.3 Å².